The van der Waals surface area contributed by atoms with Crippen molar-refractivity contribution in [1.82, 2.24) is 5.06 Å². The number of hydroxylamine groups is 2. The Morgan fingerprint density at radius 1 is 1.06 bits per heavy atom. The summed E-state index contributed by atoms with van der Waals surface area (Å²) < 4.78 is 6.33. The van der Waals surface area contributed by atoms with Crippen LogP contribution in [0.2, 0.25) is 0 Å². The van der Waals surface area contributed by atoms with Crippen LogP contribution < -0.4 is 0 Å². The number of ether oxygens (including phenoxy) is 1. The molecule has 1 unspecified atom stereocenters. The number of hydrogen-bond acceptors (Lipinski definition) is 5. The second-order valence-electron chi connectivity index (χ2n) is 10.3. The number of hydrogen-bond donors (Lipinski definition) is 1. The molecule has 2 bridgehead atoms. The lowest BCUT2D eigenvalue weighted by atomic mass is 9.78. The highest BCUT2D eigenvalue weighted by molar-refractivity contribution is 7.99. The first kappa shape index (κ1) is 28.9. The van der Waals surface area contributed by atoms with Crippen molar-refractivity contribution in [1.29, 1.82) is 0 Å². The van der Waals surface area contributed by atoms with Crippen molar-refractivity contribution < 1.29 is 14.7 Å². The molecule has 0 aliphatic carbocycles. The minimum absolute atomic E-state index is 0.182. The van der Waals surface area contributed by atoms with Crippen molar-refractivity contribution in [3.8, 4) is 0 Å². The van der Waals surface area contributed by atoms with Crippen molar-refractivity contribution >= 4 is 29.4 Å². The van der Waals surface area contributed by atoms with E-state index in [0.29, 0.717) is 18.6 Å². The van der Waals surface area contributed by atoms with Crippen LogP contribution in [0.4, 0.5) is 0 Å². The van der Waals surface area contributed by atoms with Gasteiger partial charge in [0.2, 0.25) is 5.91 Å². The third-order valence-electron chi connectivity index (χ3n) is 7.64. The molecule has 35 heavy (non-hydrogen) atoms. The number of carbonyl (C=O) groups excluding carboxylic acids is 1. The van der Waals surface area contributed by atoms with E-state index in [-0.39, 0.29) is 12.5 Å². The monoisotopic (exact) mass is 521 g/mol. The van der Waals surface area contributed by atoms with Gasteiger partial charge in [-0.2, -0.15) is 23.5 Å². The molecule has 0 spiro atoms. The Balaban J connectivity index is 1.26. The minimum Gasteiger partial charge on any atom is -0.374 e. The largest absolute Gasteiger partial charge is 0.374 e. The lowest BCUT2D eigenvalue weighted by Crippen LogP contribution is -2.29. The summed E-state index contributed by atoms with van der Waals surface area (Å²) in [4.78, 5) is 12.2. The number of thioether (sulfide) groups is 2. The van der Waals surface area contributed by atoms with Gasteiger partial charge in [0.15, 0.2) is 0 Å². The predicted octanol–water partition coefficient (Wildman–Crippen LogP) is 7.58. The molecule has 0 saturated carbocycles. The zero-order valence-corrected chi connectivity index (χ0v) is 23.5. The van der Waals surface area contributed by atoms with Gasteiger partial charge in [-0.3, -0.25) is 10.0 Å². The fraction of sp³-hybridized carbons (Fsp3) is 0.759. The first-order valence-corrected chi connectivity index (χ1v) is 16.2. The van der Waals surface area contributed by atoms with Crippen molar-refractivity contribution in [3.63, 3.8) is 0 Å². The van der Waals surface area contributed by atoms with Gasteiger partial charge in [-0.05, 0) is 86.0 Å². The van der Waals surface area contributed by atoms with Crippen LogP contribution in [-0.4, -0.2) is 50.9 Å². The van der Waals surface area contributed by atoms with Crippen LogP contribution in [0, 0.1) is 11.8 Å². The minimum atomic E-state index is -0.182. The van der Waals surface area contributed by atoms with Crippen LogP contribution in [0.15, 0.2) is 30.3 Å². The molecule has 198 valence electrons. The number of amides is 1. The van der Waals surface area contributed by atoms with Gasteiger partial charge in [-0.15, -0.1) is 0 Å². The normalized spacial score (nSPS) is 24.1. The van der Waals surface area contributed by atoms with Crippen molar-refractivity contribution in [2.45, 2.75) is 108 Å². The van der Waals surface area contributed by atoms with Gasteiger partial charge in [0.1, 0.15) is 0 Å². The van der Waals surface area contributed by atoms with E-state index in [0.717, 1.165) is 46.3 Å². The van der Waals surface area contributed by atoms with Crippen LogP contribution in [0.25, 0.3) is 0 Å². The summed E-state index contributed by atoms with van der Waals surface area (Å²) in [6.45, 7) is 4.88. The Hall–Kier alpha value is -0.690. The third-order valence-corrected chi connectivity index (χ3v) is 10.4. The Labute approximate surface area is 222 Å². The Morgan fingerprint density at radius 2 is 1.80 bits per heavy atom. The summed E-state index contributed by atoms with van der Waals surface area (Å²) in [7, 11) is 0. The standard InChI is InChI=1S/C29H47NO3S2/c1-3-12-24(4-2)35-20-11-8-15-25-26(28-18-17-27(25)33-28)22-34-19-10-9-16-29(31)30(32)21-23-13-6-5-7-14-23/h5-7,13-14,24-28,32H,3-4,8-12,15-22H2,1-2H3/t24?,25-,26+,27-,28+/m0/s1. The van der Waals surface area contributed by atoms with Crippen LogP contribution >= 0.6 is 23.5 Å². The van der Waals surface area contributed by atoms with E-state index in [4.69, 9.17) is 4.74 Å². The maximum absolute atomic E-state index is 12.2. The second-order valence-corrected chi connectivity index (χ2v) is 12.8. The summed E-state index contributed by atoms with van der Waals surface area (Å²) in [6.07, 6.45) is 13.8. The lowest BCUT2D eigenvalue weighted by molar-refractivity contribution is -0.168. The van der Waals surface area contributed by atoms with Gasteiger partial charge < -0.3 is 4.74 Å². The van der Waals surface area contributed by atoms with Crippen molar-refractivity contribution in [2.75, 3.05) is 17.3 Å². The van der Waals surface area contributed by atoms with Gasteiger partial charge in [0.25, 0.3) is 0 Å². The van der Waals surface area contributed by atoms with E-state index >= 15 is 0 Å². The van der Waals surface area contributed by atoms with Crippen LogP contribution in [0.3, 0.4) is 0 Å². The number of nitrogens with zero attached hydrogens (tertiary/aromatic N) is 1. The van der Waals surface area contributed by atoms with E-state index < -0.39 is 0 Å². The van der Waals surface area contributed by atoms with E-state index in [1.54, 1.807) is 0 Å². The average Bonchev–Trinajstić information content (AvgIpc) is 3.48. The van der Waals surface area contributed by atoms with E-state index in [2.05, 4.69) is 25.6 Å². The van der Waals surface area contributed by atoms with Gasteiger partial charge in [0.05, 0.1) is 18.8 Å². The summed E-state index contributed by atoms with van der Waals surface area (Å²) >= 11 is 4.23. The molecule has 6 heteroatoms. The summed E-state index contributed by atoms with van der Waals surface area (Å²) in [5.74, 6) is 4.89. The number of benzene rings is 1. The van der Waals surface area contributed by atoms with Gasteiger partial charge in [-0.25, -0.2) is 5.06 Å². The first-order chi connectivity index (χ1) is 17.1. The molecule has 0 radical (unpaired) electrons. The SMILES string of the molecule is CCCC(CC)SCCCC[C@H]1[C@@H](CSCCCCC(=O)N(O)Cc2ccccc2)[C@H]2CC[C@@H]1O2. The number of rotatable bonds is 18. The highest BCUT2D eigenvalue weighted by atomic mass is 32.2. The molecule has 1 aromatic carbocycles. The number of unbranched alkanes of at least 4 members (excludes halogenated alkanes) is 2. The maximum atomic E-state index is 12.2. The topological polar surface area (TPSA) is 49.8 Å². The van der Waals surface area contributed by atoms with Crippen molar-refractivity contribution in [3.05, 3.63) is 35.9 Å². The zero-order chi connectivity index (χ0) is 24.9. The highest BCUT2D eigenvalue weighted by Gasteiger charge is 2.47. The second kappa shape index (κ2) is 16.2. The van der Waals surface area contributed by atoms with Gasteiger partial charge in [0, 0.05) is 11.7 Å². The molecular formula is C29H47NO3S2. The quantitative estimate of drug-likeness (QED) is 0.123. The molecule has 2 aliphatic rings. The molecule has 2 heterocycles. The molecule has 5 atom stereocenters. The predicted molar refractivity (Wildman–Crippen MR) is 150 cm³/mol. The van der Waals surface area contributed by atoms with E-state index in [1.165, 1.54) is 62.9 Å². The molecule has 2 saturated heterocycles. The fourth-order valence-electron chi connectivity index (χ4n) is 5.63. The van der Waals surface area contributed by atoms with Gasteiger partial charge >= 0.3 is 0 Å². The Kier molecular flexibility index (Phi) is 13.4. The van der Waals surface area contributed by atoms with Crippen molar-refractivity contribution in [2.24, 2.45) is 11.8 Å². The molecular weight excluding hydrogens is 474 g/mol. The lowest BCUT2D eigenvalue weighted by Gasteiger charge is -2.28. The molecule has 4 nitrogen and oxygen atoms in total. The van der Waals surface area contributed by atoms with E-state index in [9.17, 15) is 10.0 Å². The molecule has 0 aromatic heterocycles. The molecule has 3 rings (SSSR count). The highest BCUT2D eigenvalue weighted by Crippen LogP contribution is 2.47. The average molecular weight is 522 g/mol. The number of fused-ring (bicyclic) bond motifs is 2. The van der Waals surface area contributed by atoms with Crippen LogP contribution in [-0.2, 0) is 16.1 Å². The molecule has 2 aliphatic heterocycles. The molecule has 1 aromatic rings. The van der Waals surface area contributed by atoms with Crippen LogP contribution in [0.5, 0.6) is 0 Å². The Morgan fingerprint density at radius 3 is 2.54 bits per heavy atom. The fourth-order valence-corrected chi connectivity index (χ4v) is 8.29. The number of carbonyl (C=O) groups is 1. The third kappa shape index (κ3) is 9.60. The Bertz CT molecular complexity index is 719. The summed E-state index contributed by atoms with van der Waals surface area (Å²) in [5, 5.41) is 11.8. The smallest absolute Gasteiger partial charge is 0.246 e. The maximum Gasteiger partial charge on any atom is 0.246 e. The molecule has 1 amide bonds. The summed E-state index contributed by atoms with van der Waals surface area (Å²) in [6, 6.07) is 9.63. The summed E-state index contributed by atoms with van der Waals surface area (Å²) in [5.41, 5.74) is 0.946. The molecule has 1 N–H and O–H groups in total. The zero-order valence-electron chi connectivity index (χ0n) is 21.9. The first-order valence-electron chi connectivity index (χ1n) is 14.0. The van der Waals surface area contributed by atoms with Crippen LogP contribution in [0.1, 0.15) is 90.0 Å². The van der Waals surface area contributed by atoms with E-state index in [1.807, 2.05) is 42.1 Å². The van der Waals surface area contributed by atoms with Gasteiger partial charge in [-0.1, -0.05) is 57.0 Å². The molecule has 2 fully saturated rings.